The molecule has 6 nitrogen and oxygen atoms in total. The van der Waals surface area contributed by atoms with Crippen molar-refractivity contribution >= 4 is 33.3 Å². The predicted molar refractivity (Wildman–Crippen MR) is 109 cm³/mol. The third-order valence-corrected chi connectivity index (χ3v) is 5.29. The van der Waals surface area contributed by atoms with E-state index in [1.807, 2.05) is 42.5 Å². The summed E-state index contributed by atoms with van der Waals surface area (Å²) in [5.74, 6) is 1.86. The highest BCUT2D eigenvalue weighted by atomic mass is 32.1. The summed E-state index contributed by atoms with van der Waals surface area (Å²) in [6.07, 6.45) is 1.79. The van der Waals surface area contributed by atoms with Gasteiger partial charge in [-0.05, 0) is 24.3 Å². The van der Waals surface area contributed by atoms with Gasteiger partial charge in [0.2, 0.25) is 5.13 Å². The van der Waals surface area contributed by atoms with E-state index in [2.05, 4.69) is 34.3 Å². The van der Waals surface area contributed by atoms with Crippen molar-refractivity contribution in [2.24, 2.45) is 0 Å². The van der Waals surface area contributed by atoms with Crippen molar-refractivity contribution in [3.8, 4) is 16.9 Å². The number of pyridine rings is 2. The molecule has 0 aliphatic heterocycles. The number of rotatable bonds is 5. The van der Waals surface area contributed by atoms with Crippen LogP contribution in [0.1, 0.15) is 24.8 Å². The fourth-order valence-corrected chi connectivity index (χ4v) is 3.56. The summed E-state index contributed by atoms with van der Waals surface area (Å²) in [6.45, 7) is 4.20. The van der Waals surface area contributed by atoms with Gasteiger partial charge in [0, 0.05) is 23.2 Å². The van der Waals surface area contributed by atoms with E-state index in [-0.39, 0.29) is 0 Å². The average Bonchev–Trinajstić information content (AvgIpc) is 3.16. The quantitative estimate of drug-likeness (QED) is 0.526. The zero-order valence-electron chi connectivity index (χ0n) is 15.3. The Hall–Kier alpha value is -3.06. The van der Waals surface area contributed by atoms with Crippen LogP contribution in [0.2, 0.25) is 0 Å². The molecule has 0 bridgehead atoms. The van der Waals surface area contributed by atoms with E-state index in [1.54, 1.807) is 13.3 Å². The normalized spacial score (nSPS) is 11.1. The number of hydrogen-bond acceptors (Lipinski definition) is 7. The number of benzene rings is 1. The molecular formula is C20H19N5OS. The smallest absolute Gasteiger partial charge is 0.211 e. The van der Waals surface area contributed by atoms with Gasteiger partial charge in [-0.25, -0.2) is 4.98 Å². The molecule has 3 heterocycles. The van der Waals surface area contributed by atoms with Crippen molar-refractivity contribution < 1.29 is 4.74 Å². The summed E-state index contributed by atoms with van der Waals surface area (Å²) in [5.41, 5.74) is 3.58. The monoisotopic (exact) mass is 377 g/mol. The van der Waals surface area contributed by atoms with Crippen molar-refractivity contribution in [1.29, 1.82) is 0 Å². The lowest BCUT2D eigenvalue weighted by Gasteiger charge is -2.11. The minimum atomic E-state index is 0.351. The van der Waals surface area contributed by atoms with Crippen LogP contribution in [-0.4, -0.2) is 27.3 Å². The minimum Gasteiger partial charge on any atom is -0.496 e. The van der Waals surface area contributed by atoms with Gasteiger partial charge in [0.1, 0.15) is 16.6 Å². The molecule has 3 aromatic heterocycles. The molecule has 0 atom stereocenters. The number of methoxy groups -OCH3 is 1. The first-order valence-corrected chi connectivity index (χ1v) is 9.47. The molecule has 0 radical (unpaired) electrons. The Labute approximate surface area is 161 Å². The molecule has 0 saturated heterocycles. The number of anilines is 2. The highest BCUT2D eigenvalue weighted by molar-refractivity contribution is 7.15. The first kappa shape index (κ1) is 17.4. The van der Waals surface area contributed by atoms with E-state index in [1.165, 1.54) is 11.3 Å². The molecule has 4 rings (SSSR count). The van der Waals surface area contributed by atoms with Gasteiger partial charge < -0.3 is 10.1 Å². The number of nitrogens with zero attached hydrogens (tertiary/aromatic N) is 4. The Bertz CT molecular complexity index is 1090. The van der Waals surface area contributed by atoms with Crippen molar-refractivity contribution in [2.45, 2.75) is 19.8 Å². The van der Waals surface area contributed by atoms with E-state index in [0.717, 1.165) is 38.0 Å². The van der Waals surface area contributed by atoms with Gasteiger partial charge in [0.05, 0.1) is 18.1 Å². The van der Waals surface area contributed by atoms with Crippen molar-refractivity contribution in [3.05, 3.63) is 53.7 Å². The zero-order valence-corrected chi connectivity index (χ0v) is 16.1. The third-order valence-electron chi connectivity index (χ3n) is 4.15. The minimum absolute atomic E-state index is 0.351. The fourth-order valence-electron chi connectivity index (χ4n) is 2.81. The molecule has 0 spiro atoms. The van der Waals surface area contributed by atoms with E-state index in [4.69, 9.17) is 9.72 Å². The molecule has 0 amide bonds. The van der Waals surface area contributed by atoms with Crippen LogP contribution < -0.4 is 10.1 Å². The number of nitrogens with one attached hydrogen (secondary N) is 1. The summed E-state index contributed by atoms with van der Waals surface area (Å²) in [6, 6.07) is 13.7. The zero-order chi connectivity index (χ0) is 18.8. The number of aromatic nitrogens is 4. The van der Waals surface area contributed by atoms with Crippen LogP contribution in [0, 0.1) is 0 Å². The van der Waals surface area contributed by atoms with E-state index < -0.39 is 0 Å². The second-order valence-corrected chi connectivity index (χ2v) is 7.36. The predicted octanol–water partition coefficient (Wildman–Crippen LogP) is 5.02. The van der Waals surface area contributed by atoms with Gasteiger partial charge in [-0.15, -0.1) is 10.2 Å². The Balaban J connectivity index is 1.77. The van der Waals surface area contributed by atoms with Crippen LogP contribution in [0.5, 0.6) is 5.75 Å². The number of para-hydroxylation sites is 1. The molecule has 27 heavy (non-hydrogen) atoms. The average molecular weight is 377 g/mol. The molecule has 0 aliphatic carbocycles. The fraction of sp³-hybridized carbons (Fsp3) is 0.200. The number of ether oxygens (including phenoxy) is 1. The molecule has 0 aliphatic rings. The van der Waals surface area contributed by atoms with Gasteiger partial charge in [-0.1, -0.05) is 43.4 Å². The largest absolute Gasteiger partial charge is 0.496 e. The summed E-state index contributed by atoms with van der Waals surface area (Å²) >= 11 is 1.54. The highest BCUT2D eigenvalue weighted by Crippen LogP contribution is 2.34. The maximum absolute atomic E-state index is 5.52. The van der Waals surface area contributed by atoms with Gasteiger partial charge in [-0.2, -0.15) is 0 Å². The highest BCUT2D eigenvalue weighted by Gasteiger charge is 2.13. The van der Waals surface area contributed by atoms with Crippen LogP contribution >= 0.6 is 11.3 Å². The lowest BCUT2D eigenvalue weighted by molar-refractivity contribution is 0.416. The van der Waals surface area contributed by atoms with E-state index in [0.29, 0.717) is 11.7 Å². The Morgan fingerprint density at radius 3 is 2.63 bits per heavy atom. The van der Waals surface area contributed by atoms with Gasteiger partial charge >= 0.3 is 0 Å². The molecule has 0 unspecified atom stereocenters. The van der Waals surface area contributed by atoms with Crippen LogP contribution in [0.4, 0.5) is 10.9 Å². The summed E-state index contributed by atoms with van der Waals surface area (Å²) < 4.78 is 5.52. The third kappa shape index (κ3) is 3.46. The molecule has 0 saturated carbocycles. The standard InChI is InChI=1S/C20H19N5OS/c1-12(2)19-24-25-20(27-19)23-17-9-8-15-18(22-17)14(10-11-21-15)13-6-4-5-7-16(13)26-3/h4-12H,1-3H3,(H,22,23,25). The van der Waals surface area contributed by atoms with Gasteiger partial charge in [-0.3, -0.25) is 4.98 Å². The van der Waals surface area contributed by atoms with E-state index >= 15 is 0 Å². The molecule has 4 aromatic rings. The molecule has 7 heteroatoms. The molecule has 1 N–H and O–H groups in total. The maximum atomic E-state index is 5.52. The first-order chi connectivity index (χ1) is 13.2. The van der Waals surface area contributed by atoms with Crippen molar-refractivity contribution in [1.82, 2.24) is 20.2 Å². The molecule has 1 aromatic carbocycles. The molecule has 0 fully saturated rings. The first-order valence-electron chi connectivity index (χ1n) is 8.65. The number of hydrogen-bond donors (Lipinski definition) is 1. The second kappa shape index (κ2) is 7.28. The van der Waals surface area contributed by atoms with Crippen molar-refractivity contribution in [2.75, 3.05) is 12.4 Å². The maximum Gasteiger partial charge on any atom is 0.211 e. The van der Waals surface area contributed by atoms with Gasteiger partial charge in [0.25, 0.3) is 0 Å². The summed E-state index contributed by atoms with van der Waals surface area (Å²) in [5, 5.41) is 13.4. The Morgan fingerprint density at radius 1 is 1.00 bits per heavy atom. The lowest BCUT2D eigenvalue weighted by atomic mass is 10.0. The molecular weight excluding hydrogens is 358 g/mol. The number of fused-ring (bicyclic) bond motifs is 1. The van der Waals surface area contributed by atoms with Crippen LogP contribution in [0.15, 0.2) is 48.7 Å². The van der Waals surface area contributed by atoms with Crippen LogP contribution in [0.25, 0.3) is 22.2 Å². The lowest BCUT2D eigenvalue weighted by Crippen LogP contribution is -1.96. The topological polar surface area (TPSA) is 72.8 Å². The second-order valence-electron chi connectivity index (χ2n) is 6.35. The Kier molecular flexibility index (Phi) is 4.68. The van der Waals surface area contributed by atoms with Crippen LogP contribution in [-0.2, 0) is 0 Å². The van der Waals surface area contributed by atoms with E-state index in [9.17, 15) is 0 Å². The van der Waals surface area contributed by atoms with Crippen LogP contribution in [0.3, 0.4) is 0 Å². The Morgan fingerprint density at radius 2 is 1.85 bits per heavy atom. The summed E-state index contributed by atoms with van der Waals surface area (Å²) in [7, 11) is 1.67. The SMILES string of the molecule is COc1ccccc1-c1ccnc2ccc(Nc3nnc(C(C)C)s3)nc12. The molecule has 136 valence electrons. The van der Waals surface area contributed by atoms with Gasteiger partial charge in [0.15, 0.2) is 0 Å². The summed E-state index contributed by atoms with van der Waals surface area (Å²) in [4.78, 5) is 9.23. The van der Waals surface area contributed by atoms with Crippen molar-refractivity contribution in [3.63, 3.8) is 0 Å².